The molecule has 1 aromatic carbocycles. The third-order valence-electron chi connectivity index (χ3n) is 2.51. The van der Waals surface area contributed by atoms with E-state index >= 15 is 0 Å². The molecule has 0 aliphatic heterocycles. The van der Waals surface area contributed by atoms with Crippen LogP contribution >= 0.6 is 0 Å². The fraction of sp³-hybridized carbons (Fsp3) is 0.0833. The molecule has 2 aromatic rings. The summed E-state index contributed by atoms with van der Waals surface area (Å²) in [6, 6.07) is 8.09. The van der Waals surface area contributed by atoms with Crippen molar-refractivity contribution in [2.24, 2.45) is 5.73 Å². The van der Waals surface area contributed by atoms with E-state index in [-0.39, 0.29) is 23.6 Å². The maximum Gasteiger partial charge on any atom is 0.177 e. The minimum absolute atomic E-state index is 0.00250. The molecule has 88 valence electrons. The Labute approximate surface area is 103 Å². The lowest BCUT2D eigenvalue weighted by Gasteiger charge is -2.10. The zero-order valence-electron chi connectivity index (χ0n) is 9.26. The van der Waals surface area contributed by atoms with Gasteiger partial charge in [-0.25, -0.2) is 9.37 Å². The Morgan fingerprint density at radius 1 is 1.33 bits per heavy atom. The van der Waals surface area contributed by atoms with E-state index in [1.165, 1.54) is 23.0 Å². The fourth-order valence-electron chi connectivity index (χ4n) is 1.70. The molecule has 2 rings (SSSR count). The first-order valence-corrected chi connectivity index (χ1v) is 5.08. The highest BCUT2D eigenvalue weighted by Crippen LogP contribution is 2.21. The van der Waals surface area contributed by atoms with Gasteiger partial charge < -0.3 is 5.73 Å². The number of aromatic nitrogens is 2. The molecule has 6 heteroatoms. The number of halogens is 1. The van der Waals surface area contributed by atoms with Crippen LogP contribution in [0.4, 0.5) is 4.39 Å². The second-order valence-corrected chi connectivity index (χ2v) is 3.49. The number of nitrogens with zero attached hydrogens (tertiary/aromatic N) is 4. The summed E-state index contributed by atoms with van der Waals surface area (Å²) in [7, 11) is 0. The number of nitrogens with two attached hydrogens (primary N) is 1. The normalized spacial score (nSPS) is 9.78. The first-order chi connectivity index (χ1) is 8.72. The lowest BCUT2D eigenvalue weighted by atomic mass is 10.1. The van der Waals surface area contributed by atoms with Gasteiger partial charge in [0.05, 0.1) is 5.69 Å². The quantitative estimate of drug-likeness (QED) is 0.855. The zero-order chi connectivity index (χ0) is 13.1. The number of benzene rings is 1. The first kappa shape index (κ1) is 11.8. The molecular weight excluding hydrogens is 233 g/mol. The van der Waals surface area contributed by atoms with Gasteiger partial charge in [-0.3, -0.25) is 4.57 Å². The van der Waals surface area contributed by atoms with Gasteiger partial charge in [0.25, 0.3) is 0 Å². The third kappa shape index (κ3) is 1.71. The van der Waals surface area contributed by atoms with Gasteiger partial charge in [0, 0.05) is 6.54 Å². The average Bonchev–Trinajstić information content (AvgIpc) is 2.80. The molecule has 0 aliphatic rings. The number of nitriles is 2. The number of rotatable bonds is 2. The van der Waals surface area contributed by atoms with Crippen molar-refractivity contribution in [3.05, 3.63) is 47.3 Å². The minimum Gasteiger partial charge on any atom is -0.326 e. The largest absolute Gasteiger partial charge is 0.326 e. The van der Waals surface area contributed by atoms with Crippen LogP contribution in [0.2, 0.25) is 0 Å². The summed E-state index contributed by atoms with van der Waals surface area (Å²) in [5.74, 6) is -0.517. The molecule has 0 saturated heterocycles. The van der Waals surface area contributed by atoms with Crippen molar-refractivity contribution in [3.8, 4) is 17.8 Å². The van der Waals surface area contributed by atoms with Crippen LogP contribution in [0.25, 0.3) is 5.69 Å². The molecule has 18 heavy (non-hydrogen) atoms. The predicted octanol–water partition coefficient (Wildman–Crippen LogP) is 1.21. The molecule has 0 atom stereocenters. The van der Waals surface area contributed by atoms with Crippen LogP contribution in [0.5, 0.6) is 0 Å². The molecular formula is C12H8FN5. The summed E-state index contributed by atoms with van der Waals surface area (Å²) in [5.41, 5.74) is 6.19. The molecule has 0 amide bonds. The summed E-state index contributed by atoms with van der Waals surface area (Å²) in [4.78, 5) is 3.77. The number of hydrogen-bond donors (Lipinski definition) is 1. The van der Waals surface area contributed by atoms with Gasteiger partial charge in [0.2, 0.25) is 0 Å². The molecule has 0 spiro atoms. The van der Waals surface area contributed by atoms with Gasteiger partial charge in [-0.05, 0) is 11.6 Å². The van der Waals surface area contributed by atoms with Crippen molar-refractivity contribution in [1.82, 2.24) is 9.55 Å². The maximum absolute atomic E-state index is 13.9. The number of hydrogen-bond acceptors (Lipinski definition) is 4. The van der Waals surface area contributed by atoms with Crippen molar-refractivity contribution in [2.45, 2.75) is 6.54 Å². The van der Waals surface area contributed by atoms with E-state index in [0.717, 1.165) is 0 Å². The van der Waals surface area contributed by atoms with Gasteiger partial charge >= 0.3 is 0 Å². The molecule has 0 radical (unpaired) electrons. The van der Waals surface area contributed by atoms with E-state index < -0.39 is 5.82 Å². The van der Waals surface area contributed by atoms with Gasteiger partial charge in [-0.15, -0.1) is 0 Å². The van der Waals surface area contributed by atoms with E-state index in [0.29, 0.717) is 5.56 Å². The Morgan fingerprint density at radius 3 is 2.72 bits per heavy atom. The minimum atomic E-state index is -0.517. The molecule has 0 unspecified atom stereocenters. The summed E-state index contributed by atoms with van der Waals surface area (Å²) in [6.45, 7) is 0.123. The zero-order valence-corrected chi connectivity index (χ0v) is 9.26. The summed E-state index contributed by atoms with van der Waals surface area (Å²) in [5, 5.41) is 17.8. The Balaban J connectivity index is 2.75. The topological polar surface area (TPSA) is 91.4 Å². The average molecular weight is 241 g/mol. The van der Waals surface area contributed by atoms with Gasteiger partial charge in [0.15, 0.2) is 11.4 Å². The van der Waals surface area contributed by atoms with Gasteiger partial charge in [0.1, 0.15) is 24.3 Å². The monoisotopic (exact) mass is 241 g/mol. The summed E-state index contributed by atoms with van der Waals surface area (Å²) in [6.07, 6.45) is 1.24. The van der Waals surface area contributed by atoms with Gasteiger partial charge in [-0.1, -0.05) is 12.1 Å². The Bertz CT molecular complexity index is 675. The van der Waals surface area contributed by atoms with Gasteiger partial charge in [-0.2, -0.15) is 10.5 Å². The number of imidazole rings is 1. The van der Waals surface area contributed by atoms with Crippen LogP contribution in [0.3, 0.4) is 0 Å². The van der Waals surface area contributed by atoms with Crippen LogP contribution in [-0.2, 0) is 6.54 Å². The highest BCUT2D eigenvalue weighted by atomic mass is 19.1. The Hall–Kier alpha value is -2.70. The first-order valence-electron chi connectivity index (χ1n) is 5.08. The molecule has 1 aromatic heterocycles. The van der Waals surface area contributed by atoms with Crippen LogP contribution < -0.4 is 5.73 Å². The molecule has 5 nitrogen and oxygen atoms in total. The SMILES string of the molecule is N#Cc1ncn(-c2c(F)cccc2CN)c1C#N. The smallest absolute Gasteiger partial charge is 0.177 e. The Kier molecular flexibility index (Phi) is 3.05. The second-order valence-electron chi connectivity index (χ2n) is 3.49. The van der Waals surface area contributed by atoms with E-state index in [1.807, 2.05) is 6.07 Å². The van der Waals surface area contributed by atoms with Crippen molar-refractivity contribution >= 4 is 0 Å². The van der Waals surface area contributed by atoms with Crippen molar-refractivity contribution in [3.63, 3.8) is 0 Å². The molecule has 0 aliphatic carbocycles. The summed E-state index contributed by atoms with van der Waals surface area (Å²) >= 11 is 0. The Morgan fingerprint density at radius 2 is 2.11 bits per heavy atom. The molecule has 0 saturated carbocycles. The fourth-order valence-corrected chi connectivity index (χ4v) is 1.70. The standard InChI is InChI=1S/C12H8FN5/c13-9-3-1-2-8(4-14)12(9)18-7-17-10(5-15)11(18)6-16/h1-3,7H,4,14H2. The van der Waals surface area contributed by atoms with Crippen molar-refractivity contribution < 1.29 is 4.39 Å². The highest BCUT2D eigenvalue weighted by molar-refractivity contribution is 5.49. The van der Waals surface area contributed by atoms with Crippen LogP contribution in [0.1, 0.15) is 17.0 Å². The van der Waals surface area contributed by atoms with E-state index in [4.69, 9.17) is 16.3 Å². The van der Waals surface area contributed by atoms with Crippen LogP contribution in [-0.4, -0.2) is 9.55 Å². The van der Waals surface area contributed by atoms with E-state index in [1.54, 1.807) is 12.1 Å². The van der Waals surface area contributed by atoms with Crippen molar-refractivity contribution in [2.75, 3.05) is 0 Å². The second kappa shape index (κ2) is 4.66. The molecule has 0 fully saturated rings. The van der Waals surface area contributed by atoms with Crippen LogP contribution in [0, 0.1) is 28.5 Å². The van der Waals surface area contributed by atoms with E-state index in [9.17, 15) is 4.39 Å². The lowest BCUT2D eigenvalue weighted by molar-refractivity contribution is 0.614. The third-order valence-corrected chi connectivity index (χ3v) is 2.51. The predicted molar refractivity (Wildman–Crippen MR) is 60.8 cm³/mol. The number of para-hydroxylation sites is 1. The maximum atomic E-state index is 13.9. The van der Waals surface area contributed by atoms with Crippen molar-refractivity contribution in [1.29, 1.82) is 10.5 Å². The summed E-state index contributed by atoms with van der Waals surface area (Å²) < 4.78 is 15.1. The van der Waals surface area contributed by atoms with E-state index in [2.05, 4.69) is 4.98 Å². The highest BCUT2D eigenvalue weighted by Gasteiger charge is 2.16. The molecule has 2 N–H and O–H groups in total. The molecule has 1 heterocycles. The van der Waals surface area contributed by atoms with Crippen LogP contribution in [0.15, 0.2) is 24.5 Å². The molecule has 0 bridgehead atoms. The lowest BCUT2D eigenvalue weighted by Crippen LogP contribution is -2.08.